The van der Waals surface area contributed by atoms with Crippen molar-refractivity contribution in [2.45, 2.75) is 0 Å². The zero-order valence-corrected chi connectivity index (χ0v) is 12.9. The van der Waals surface area contributed by atoms with E-state index in [0.717, 1.165) is 11.1 Å². The Morgan fingerprint density at radius 2 is 1.80 bits per heavy atom. The molecule has 0 fully saturated rings. The molecule has 122 valence electrons. The molecule has 0 radical (unpaired) electrons. The van der Waals surface area contributed by atoms with E-state index < -0.39 is 0 Å². The van der Waals surface area contributed by atoms with Gasteiger partial charge in [-0.05, 0) is 35.9 Å². The SMILES string of the molecule is Fc1ccc(-c2nnc(-c3[nH]ncc3C=Cc3cccnc3)o2)cc1. The number of hydrogen-bond donors (Lipinski definition) is 1. The number of rotatable bonds is 4. The Bertz CT molecular complexity index is 1010. The number of halogens is 1. The van der Waals surface area contributed by atoms with Crippen molar-refractivity contribution in [3.63, 3.8) is 0 Å². The van der Waals surface area contributed by atoms with E-state index in [4.69, 9.17) is 4.42 Å². The molecule has 0 aliphatic carbocycles. The summed E-state index contributed by atoms with van der Waals surface area (Å²) in [5, 5.41) is 14.9. The maximum Gasteiger partial charge on any atom is 0.266 e. The van der Waals surface area contributed by atoms with Crippen LogP contribution in [-0.2, 0) is 0 Å². The number of aromatic amines is 1. The Hall–Kier alpha value is -3.61. The van der Waals surface area contributed by atoms with Gasteiger partial charge in [0, 0.05) is 23.5 Å². The summed E-state index contributed by atoms with van der Waals surface area (Å²) in [5.74, 6) is 0.300. The van der Waals surface area contributed by atoms with E-state index in [1.807, 2.05) is 24.3 Å². The van der Waals surface area contributed by atoms with E-state index in [2.05, 4.69) is 25.4 Å². The molecular weight excluding hydrogens is 321 g/mol. The Morgan fingerprint density at radius 1 is 0.960 bits per heavy atom. The van der Waals surface area contributed by atoms with Crippen LogP contribution in [0.15, 0.2) is 59.4 Å². The number of pyridine rings is 1. The topological polar surface area (TPSA) is 80.5 Å². The molecule has 1 aromatic carbocycles. The lowest BCUT2D eigenvalue weighted by atomic mass is 10.2. The third-order valence-corrected chi connectivity index (χ3v) is 3.54. The maximum atomic E-state index is 13.0. The first-order valence-electron chi connectivity index (χ1n) is 7.51. The van der Waals surface area contributed by atoms with Gasteiger partial charge in [0.2, 0.25) is 5.89 Å². The molecule has 4 aromatic rings. The van der Waals surface area contributed by atoms with Crippen molar-refractivity contribution in [3.8, 4) is 23.0 Å². The third kappa shape index (κ3) is 3.20. The molecule has 0 saturated heterocycles. The molecule has 4 rings (SSSR count). The van der Waals surface area contributed by atoms with Crippen molar-refractivity contribution >= 4 is 12.2 Å². The van der Waals surface area contributed by atoms with Crippen LogP contribution in [0, 0.1) is 5.82 Å². The number of hydrogen-bond acceptors (Lipinski definition) is 5. The number of nitrogens with zero attached hydrogens (tertiary/aromatic N) is 4. The molecule has 0 saturated carbocycles. The average molecular weight is 333 g/mol. The first-order chi connectivity index (χ1) is 12.3. The van der Waals surface area contributed by atoms with Gasteiger partial charge in [0.25, 0.3) is 5.89 Å². The van der Waals surface area contributed by atoms with Crippen LogP contribution in [0.3, 0.4) is 0 Å². The van der Waals surface area contributed by atoms with Crippen LogP contribution < -0.4 is 0 Å². The average Bonchev–Trinajstić information content (AvgIpc) is 3.30. The normalized spacial score (nSPS) is 11.2. The van der Waals surface area contributed by atoms with E-state index in [1.54, 1.807) is 30.7 Å². The van der Waals surface area contributed by atoms with Gasteiger partial charge < -0.3 is 4.42 Å². The van der Waals surface area contributed by atoms with E-state index in [0.29, 0.717) is 23.0 Å². The molecule has 7 heteroatoms. The minimum atomic E-state index is -0.320. The second kappa shape index (κ2) is 6.48. The number of benzene rings is 1. The Morgan fingerprint density at radius 3 is 2.60 bits per heavy atom. The van der Waals surface area contributed by atoms with Gasteiger partial charge in [-0.3, -0.25) is 10.1 Å². The van der Waals surface area contributed by atoms with Crippen molar-refractivity contribution < 1.29 is 8.81 Å². The molecule has 0 aliphatic heterocycles. The van der Waals surface area contributed by atoms with Gasteiger partial charge in [-0.15, -0.1) is 10.2 Å². The molecule has 0 amide bonds. The molecule has 6 nitrogen and oxygen atoms in total. The summed E-state index contributed by atoms with van der Waals surface area (Å²) in [7, 11) is 0. The lowest BCUT2D eigenvalue weighted by Gasteiger charge is -1.95. The standard InChI is InChI=1S/C18H12FN5O/c19-15-7-5-13(6-8-15)17-23-24-18(25-17)16-14(11-21-22-16)4-3-12-2-1-9-20-10-12/h1-11H,(H,21,22). The van der Waals surface area contributed by atoms with Gasteiger partial charge >= 0.3 is 0 Å². The van der Waals surface area contributed by atoms with Crippen LogP contribution in [0.1, 0.15) is 11.1 Å². The smallest absolute Gasteiger partial charge is 0.266 e. The van der Waals surface area contributed by atoms with E-state index in [1.165, 1.54) is 12.1 Å². The number of H-pyrrole nitrogens is 1. The highest BCUT2D eigenvalue weighted by atomic mass is 19.1. The summed E-state index contributed by atoms with van der Waals surface area (Å²) < 4.78 is 18.7. The van der Waals surface area contributed by atoms with Crippen molar-refractivity contribution in [3.05, 3.63) is 71.9 Å². The Balaban J connectivity index is 1.62. The molecule has 3 heterocycles. The third-order valence-electron chi connectivity index (χ3n) is 3.54. The van der Waals surface area contributed by atoms with Crippen LogP contribution in [0.25, 0.3) is 35.2 Å². The number of nitrogens with one attached hydrogen (secondary N) is 1. The zero-order valence-electron chi connectivity index (χ0n) is 12.9. The van der Waals surface area contributed by atoms with Gasteiger partial charge in [-0.25, -0.2) is 4.39 Å². The minimum Gasteiger partial charge on any atom is -0.415 e. The summed E-state index contributed by atoms with van der Waals surface area (Å²) in [6, 6.07) is 9.67. The summed E-state index contributed by atoms with van der Waals surface area (Å²) >= 11 is 0. The van der Waals surface area contributed by atoms with Crippen LogP contribution in [0.4, 0.5) is 4.39 Å². The maximum absolute atomic E-state index is 13.0. The molecule has 0 bridgehead atoms. The largest absolute Gasteiger partial charge is 0.415 e. The van der Waals surface area contributed by atoms with Gasteiger partial charge in [0.15, 0.2) is 0 Å². The second-order valence-corrected chi connectivity index (χ2v) is 5.24. The number of aromatic nitrogens is 5. The minimum absolute atomic E-state index is 0.308. The highest BCUT2D eigenvalue weighted by molar-refractivity contribution is 5.75. The molecule has 3 aromatic heterocycles. The first-order valence-corrected chi connectivity index (χ1v) is 7.51. The van der Waals surface area contributed by atoms with Crippen molar-refractivity contribution in [1.29, 1.82) is 0 Å². The first kappa shape index (κ1) is 14.9. The zero-order chi connectivity index (χ0) is 17.1. The fourth-order valence-electron chi connectivity index (χ4n) is 2.29. The van der Waals surface area contributed by atoms with Crippen molar-refractivity contribution in [2.75, 3.05) is 0 Å². The molecule has 25 heavy (non-hydrogen) atoms. The van der Waals surface area contributed by atoms with Gasteiger partial charge in [0.1, 0.15) is 11.5 Å². The van der Waals surface area contributed by atoms with Crippen LogP contribution in [-0.4, -0.2) is 25.4 Å². The van der Waals surface area contributed by atoms with Gasteiger partial charge in [-0.2, -0.15) is 5.10 Å². The molecule has 0 atom stereocenters. The van der Waals surface area contributed by atoms with Crippen molar-refractivity contribution in [1.82, 2.24) is 25.4 Å². The predicted molar refractivity (Wildman–Crippen MR) is 90.4 cm³/mol. The molecule has 1 N–H and O–H groups in total. The summed E-state index contributed by atoms with van der Waals surface area (Å²) in [6.07, 6.45) is 8.95. The van der Waals surface area contributed by atoms with Gasteiger partial charge in [0.05, 0.1) is 6.20 Å². The molecular formula is C18H12FN5O. The fraction of sp³-hybridized carbons (Fsp3) is 0. The van der Waals surface area contributed by atoms with Gasteiger partial charge in [-0.1, -0.05) is 18.2 Å². The lowest BCUT2D eigenvalue weighted by molar-refractivity contribution is 0.581. The van der Waals surface area contributed by atoms with E-state index in [9.17, 15) is 4.39 Å². The summed E-state index contributed by atoms with van der Waals surface area (Å²) in [6.45, 7) is 0. The molecule has 0 spiro atoms. The highest BCUT2D eigenvalue weighted by Gasteiger charge is 2.14. The monoisotopic (exact) mass is 333 g/mol. The summed E-state index contributed by atoms with van der Waals surface area (Å²) in [4.78, 5) is 4.07. The summed E-state index contributed by atoms with van der Waals surface area (Å²) in [5.41, 5.74) is 3.03. The van der Waals surface area contributed by atoms with Crippen LogP contribution in [0.5, 0.6) is 0 Å². The van der Waals surface area contributed by atoms with Crippen LogP contribution in [0.2, 0.25) is 0 Å². The quantitative estimate of drug-likeness (QED) is 0.614. The lowest BCUT2D eigenvalue weighted by Crippen LogP contribution is -1.81. The van der Waals surface area contributed by atoms with E-state index >= 15 is 0 Å². The Labute approximate surface area is 142 Å². The highest BCUT2D eigenvalue weighted by Crippen LogP contribution is 2.25. The predicted octanol–water partition coefficient (Wildman–Crippen LogP) is 3.83. The Kier molecular flexibility index (Phi) is 3.88. The second-order valence-electron chi connectivity index (χ2n) is 5.24. The van der Waals surface area contributed by atoms with Crippen molar-refractivity contribution in [2.24, 2.45) is 0 Å². The molecule has 0 unspecified atom stereocenters. The fourth-order valence-corrected chi connectivity index (χ4v) is 2.29. The molecule has 0 aliphatic rings. The van der Waals surface area contributed by atoms with E-state index in [-0.39, 0.29) is 5.82 Å². The van der Waals surface area contributed by atoms with Crippen LogP contribution >= 0.6 is 0 Å².